The SMILES string of the molecule is CCn1cc(C(=O)O)c(=O)c2cc(F)c(N3CCN(C(=O)OCc4ccc(CC(=O)[C@H](CCCCC(N)=O)n5cc([C@@H](NC(C)=O)C(C)C)nn5)cc4)CC3)cc21. The molecule has 0 saturated carbocycles. The molecule has 57 heavy (non-hydrogen) atoms. The van der Waals surface area contributed by atoms with E-state index in [-0.39, 0.29) is 67.3 Å². The summed E-state index contributed by atoms with van der Waals surface area (Å²) < 4.78 is 24.0. The van der Waals surface area contributed by atoms with Gasteiger partial charge in [0.25, 0.3) is 0 Å². The van der Waals surface area contributed by atoms with Crippen molar-refractivity contribution in [2.75, 3.05) is 31.1 Å². The molecule has 0 radical (unpaired) electrons. The van der Waals surface area contributed by atoms with E-state index in [9.17, 15) is 33.9 Å². The molecule has 1 aliphatic heterocycles. The summed E-state index contributed by atoms with van der Waals surface area (Å²) in [5.41, 5.74) is 6.80. The highest BCUT2D eigenvalue weighted by Gasteiger charge is 2.27. The first-order valence-electron chi connectivity index (χ1n) is 19.0. The summed E-state index contributed by atoms with van der Waals surface area (Å²) in [4.78, 5) is 77.4. The van der Waals surface area contributed by atoms with Crippen molar-refractivity contribution in [1.29, 1.82) is 0 Å². The number of rotatable bonds is 17. The molecule has 3 amide bonds. The maximum absolute atomic E-state index is 15.3. The van der Waals surface area contributed by atoms with Crippen molar-refractivity contribution in [1.82, 2.24) is 29.8 Å². The molecular formula is C40H49FN8O8. The van der Waals surface area contributed by atoms with E-state index < -0.39 is 40.8 Å². The first-order chi connectivity index (χ1) is 27.2. The number of halogens is 1. The molecule has 16 nitrogen and oxygen atoms in total. The molecule has 0 bridgehead atoms. The topological polar surface area (TPSA) is 212 Å². The number of anilines is 1. The number of ether oxygens (including phenoxy) is 1. The van der Waals surface area contributed by atoms with E-state index in [0.717, 1.165) is 11.6 Å². The summed E-state index contributed by atoms with van der Waals surface area (Å²) in [7, 11) is 0. The number of hydrogen-bond donors (Lipinski definition) is 3. The number of fused-ring (bicyclic) bond motifs is 1. The average Bonchev–Trinajstić information content (AvgIpc) is 3.65. The summed E-state index contributed by atoms with van der Waals surface area (Å²) in [5, 5.41) is 20.8. The summed E-state index contributed by atoms with van der Waals surface area (Å²) in [6.45, 7) is 8.63. The van der Waals surface area contributed by atoms with Gasteiger partial charge < -0.3 is 35.3 Å². The Balaban J connectivity index is 1.17. The van der Waals surface area contributed by atoms with Crippen LogP contribution in [0.5, 0.6) is 0 Å². The molecule has 2 atom stereocenters. The number of amides is 3. The van der Waals surface area contributed by atoms with Crippen LogP contribution in [0.1, 0.15) is 92.6 Å². The zero-order valence-electron chi connectivity index (χ0n) is 32.6. The van der Waals surface area contributed by atoms with Crippen LogP contribution in [0.2, 0.25) is 0 Å². The lowest BCUT2D eigenvalue weighted by Crippen LogP contribution is -2.49. The molecule has 4 aromatic rings. The number of carbonyl (C=O) groups is 5. The monoisotopic (exact) mass is 788 g/mol. The van der Waals surface area contributed by atoms with Gasteiger partial charge in [0, 0.05) is 64.1 Å². The number of pyridine rings is 1. The van der Waals surface area contributed by atoms with E-state index in [0.29, 0.717) is 55.7 Å². The molecule has 1 aliphatic rings. The lowest BCUT2D eigenvalue weighted by atomic mass is 9.98. The Kier molecular flexibility index (Phi) is 13.8. The highest BCUT2D eigenvalue weighted by Crippen LogP contribution is 2.27. The molecule has 2 aromatic heterocycles. The van der Waals surface area contributed by atoms with E-state index in [1.165, 1.54) is 22.7 Å². The largest absolute Gasteiger partial charge is 0.477 e. The second-order valence-electron chi connectivity index (χ2n) is 14.5. The van der Waals surface area contributed by atoms with E-state index in [4.69, 9.17) is 10.5 Å². The zero-order chi connectivity index (χ0) is 41.4. The Labute approximate surface area is 328 Å². The summed E-state index contributed by atoms with van der Waals surface area (Å²) in [6.07, 6.45) is 4.22. The molecule has 1 fully saturated rings. The van der Waals surface area contributed by atoms with Gasteiger partial charge in [0.1, 0.15) is 29.7 Å². The second-order valence-corrected chi connectivity index (χ2v) is 14.5. The van der Waals surface area contributed by atoms with E-state index in [1.807, 2.05) is 13.8 Å². The van der Waals surface area contributed by atoms with Crippen molar-refractivity contribution < 1.29 is 38.2 Å². The van der Waals surface area contributed by atoms with Gasteiger partial charge in [-0.25, -0.2) is 18.7 Å². The molecule has 3 heterocycles. The van der Waals surface area contributed by atoms with Gasteiger partial charge in [0.15, 0.2) is 5.78 Å². The first-order valence-corrected chi connectivity index (χ1v) is 19.0. The van der Waals surface area contributed by atoms with Crippen LogP contribution in [0.15, 0.2) is 53.6 Å². The number of hydrogen-bond acceptors (Lipinski definition) is 10. The molecule has 0 unspecified atom stereocenters. The fourth-order valence-corrected chi connectivity index (χ4v) is 6.96. The Hall–Kier alpha value is -6.13. The van der Waals surface area contributed by atoms with E-state index >= 15 is 4.39 Å². The quantitative estimate of drug-likeness (QED) is 0.129. The van der Waals surface area contributed by atoms with Crippen LogP contribution in [0.3, 0.4) is 0 Å². The van der Waals surface area contributed by atoms with E-state index in [2.05, 4.69) is 15.6 Å². The summed E-state index contributed by atoms with van der Waals surface area (Å²) in [5.74, 6) is -2.73. The number of carbonyl (C=O) groups excluding carboxylic acids is 4. The Bertz CT molecular complexity index is 2180. The van der Waals surface area contributed by atoms with Gasteiger partial charge in [-0.05, 0) is 48.9 Å². The van der Waals surface area contributed by atoms with Gasteiger partial charge >= 0.3 is 12.1 Å². The van der Waals surface area contributed by atoms with Crippen molar-refractivity contribution in [3.8, 4) is 0 Å². The molecule has 2 aromatic carbocycles. The second kappa shape index (κ2) is 18.7. The van der Waals surface area contributed by atoms with Gasteiger partial charge in [0.2, 0.25) is 17.2 Å². The Morgan fingerprint density at radius 3 is 2.30 bits per heavy atom. The minimum absolute atomic E-state index is 0.00497. The Morgan fingerprint density at radius 2 is 1.68 bits per heavy atom. The third-order valence-corrected chi connectivity index (χ3v) is 10.1. The van der Waals surface area contributed by atoms with Crippen molar-refractivity contribution >= 4 is 46.3 Å². The number of nitrogens with two attached hydrogens (primary N) is 1. The van der Waals surface area contributed by atoms with Crippen LogP contribution in [0.4, 0.5) is 14.9 Å². The van der Waals surface area contributed by atoms with Crippen molar-refractivity contribution in [3.05, 3.63) is 87.2 Å². The lowest BCUT2D eigenvalue weighted by Gasteiger charge is -2.35. The molecule has 0 spiro atoms. The first kappa shape index (κ1) is 42.0. The minimum atomic E-state index is -1.38. The normalized spacial score (nSPS) is 14.1. The predicted molar refractivity (Wildman–Crippen MR) is 208 cm³/mol. The highest BCUT2D eigenvalue weighted by atomic mass is 19.1. The van der Waals surface area contributed by atoms with Crippen LogP contribution in [0, 0.1) is 11.7 Å². The van der Waals surface area contributed by atoms with Gasteiger partial charge in [-0.15, -0.1) is 5.10 Å². The Morgan fingerprint density at radius 1 is 1.00 bits per heavy atom. The number of nitrogens with zero attached hydrogens (tertiary/aromatic N) is 6. The zero-order valence-corrected chi connectivity index (χ0v) is 32.6. The third kappa shape index (κ3) is 10.4. The molecule has 17 heteroatoms. The number of piperazine rings is 1. The smallest absolute Gasteiger partial charge is 0.410 e. The van der Waals surface area contributed by atoms with Gasteiger partial charge in [-0.1, -0.05) is 49.7 Å². The van der Waals surface area contributed by atoms with Crippen LogP contribution < -0.4 is 21.4 Å². The number of carboxylic acids is 1. The van der Waals surface area contributed by atoms with Crippen LogP contribution in [0.25, 0.3) is 10.9 Å². The fourth-order valence-electron chi connectivity index (χ4n) is 6.96. The summed E-state index contributed by atoms with van der Waals surface area (Å²) in [6, 6.07) is 8.73. The molecular weight excluding hydrogens is 739 g/mol. The number of benzene rings is 2. The maximum atomic E-state index is 15.3. The maximum Gasteiger partial charge on any atom is 0.410 e. The number of Topliss-reactive ketones (excluding diaryl/α,β-unsaturated/α-hetero) is 1. The van der Waals surface area contributed by atoms with Crippen molar-refractivity contribution in [2.45, 2.75) is 85.0 Å². The van der Waals surface area contributed by atoms with Crippen molar-refractivity contribution in [3.63, 3.8) is 0 Å². The molecule has 4 N–H and O–H groups in total. The van der Waals surface area contributed by atoms with Gasteiger partial charge in [-0.3, -0.25) is 19.2 Å². The fraction of sp³-hybridized carbons (Fsp3) is 0.450. The molecule has 304 valence electrons. The molecule has 5 rings (SSSR count). The van der Waals surface area contributed by atoms with E-state index in [1.54, 1.807) is 52.9 Å². The van der Waals surface area contributed by atoms with Crippen molar-refractivity contribution in [2.24, 2.45) is 11.7 Å². The van der Waals surface area contributed by atoms with Gasteiger partial charge in [-0.2, -0.15) is 0 Å². The molecule has 1 saturated heterocycles. The number of ketones is 1. The number of unbranched alkanes of at least 4 members (excludes halogenated alkanes) is 1. The third-order valence-electron chi connectivity index (χ3n) is 10.1. The van der Waals surface area contributed by atoms with Gasteiger partial charge in [0.05, 0.1) is 23.4 Å². The van der Waals surface area contributed by atoms with Crippen LogP contribution >= 0.6 is 0 Å². The number of primary amides is 1. The average molecular weight is 789 g/mol. The summed E-state index contributed by atoms with van der Waals surface area (Å²) >= 11 is 0. The lowest BCUT2D eigenvalue weighted by molar-refractivity contribution is -0.122. The number of nitrogens with one attached hydrogen (secondary N) is 1. The number of carboxylic acid groups (broad SMARTS) is 1. The molecule has 0 aliphatic carbocycles. The van der Waals surface area contributed by atoms with Crippen LogP contribution in [-0.4, -0.2) is 85.4 Å². The minimum Gasteiger partial charge on any atom is -0.477 e. The number of aryl methyl sites for hydroxylation is 1. The highest BCUT2D eigenvalue weighted by molar-refractivity contribution is 5.93. The predicted octanol–water partition coefficient (Wildman–Crippen LogP) is 4.14. The number of aromatic nitrogens is 4. The number of aromatic carboxylic acids is 1. The van der Waals surface area contributed by atoms with Crippen LogP contribution in [-0.2, 0) is 38.7 Å². The standard InChI is InChI=1S/C40H49FN8O8/c1-5-46-21-29(39(54)55)38(53)28-19-30(41)34(20-33(28)46)47-14-16-48(17-15-47)40(56)57-23-27-12-10-26(11-13-27)18-35(51)32(8-6-7-9-36(42)52)49-22-31(44-45-49)37(24(2)3)43-25(4)50/h10-13,19-22,24,32,37H,5-9,14-18,23H2,1-4H3,(H2,42,52)(H,43,50)(H,54,55)/t32-,37-/m0/s1.